The number of rotatable bonds is 2. The zero-order valence-corrected chi connectivity index (χ0v) is 16.0. The quantitative estimate of drug-likeness (QED) is 0.759. The highest BCUT2D eigenvalue weighted by Gasteiger charge is 2.65. The van der Waals surface area contributed by atoms with E-state index in [1.165, 1.54) is 37.7 Å². The van der Waals surface area contributed by atoms with Crippen molar-refractivity contribution >= 4 is 5.78 Å². The fourth-order valence-electron chi connectivity index (χ4n) is 8.05. The Bertz CT molecular complexity index is 664. The summed E-state index contributed by atoms with van der Waals surface area (Å²) >= 11 is 0. The molecule has 0 aromatic rings. The van der Waals surface area contributed by atoms with Gasteiger partial charge in [0.15, 0.2) is 5.78 Å². The fourth-order valence-corrected chi connectivity index (χ4v) is 8.05. The Hall–Kier alpha value is -0.930. The highest BCUT2D eigenvalue weighted by molar-refractivity contribution is 5.91. The van der Waals surface area contributed by atoms with E-state index in [-0.39, 0.29) is 29.3 Å². The van der Waals surface area contributed by atoms with Crippen molar-refractivity contribution in [2.75, 3.05) is 13.2 Å². The molecule has 26 heavy (non-hydrogen) atoms. The molecule has 0 bridgehead atoms. The lowest BCUT2D eigenvalue weighted by Gasteiger charge is -2.58. The first-order valence-corrected chi connectivity index (χ1v) is 10.8. The van der Waals surface area contributed by atoms with Crippen molar-refractivity contribution in [2.24, 2.45) is 35.0 Å². The van der Waals surface area contributed by atoms with Gasteiger partial charge in [-0.2, -0.15) is 0 Å². The normalized spacial score (nSPS) is 49.7. The Morgan fingerprint density at radius 2 is 2.12 bits per heavy atom. The van der Waals surface area contributed by atoms with Crippen LogP contribution >= 0.6 is 0 Å². The lowest BCUT2D eigenvalue weighted by Crippen LogP contribution is -2.54. The molecule has 142 valence electrons. The molecular weight excluding hydrogens is 324 g/mol. The van der Waals surface area contributed by atoms with Gasteiger partial charge in [-0.05, 0) is 74.7 Å². The number of carbonyl (C=O) groups excluding carboxylic acids is 1. The first kappa shape index (κ1) is 17.2. The molecule has 0 aromatic carbocycles. The molecule has 7 atom stereocenters. The van der Waals surface area contributed by atoms with E-state index < -0.39 is 0 Å². The Morgan fingerprint density at radius 3 is 2.85 bits per heavy atom. The molecule has 1 spiro atoms. The number of hydrogen-bond donors (Lipinski definition) is 1. The molecule has 3 heteroatoms. The smallest absolute Gasteiger partial charge is 0.155 e. The highest BCUT2D eigenvalue weighted by Crippen LogP contribution is 2.68. The van der Waals surface area contributed by atoms with Gasteiger partial charge in [0.25, 0.3) is 0 Å². The maximum absolute atomic E-state index is 12.0. The SMILES string of the molecule is CC[C@]12CCC3C(CC(CO)C4=CC(=O)CC[C@@H]43)C1CC[C@@]21C=CCO1. The number of hydrogen-bond acceptors (Lipinski definition) is 3. The summed E-state index contributed by atoms with van der Waals surface area (Å²) < 4.78 is 6.40. The molecule has 5 aliphatic rings. The molecule has 3 nitrogen and oxygen atoms in total. The van der Waals surface area contributed by atoms with Crippen molar-refractivity contribution < 1.29 is 14.6 Å². The molecule has 0 aromatic heterocycles. The monoisotopic (exact) mass is 356 g/mol. The second-order valence-electron chi connectivity index (χ2n) is 9.50. The largest absolute Gasteiger partial charge is 0.396 e. The van der Waals surface area contributed by atoms with E-state index in [1.54, 1.807) is 0 Å². The standard InChI is InChI=1S/C23H32O3/c1-2-22-9-6-18-17-5-4-16(25)13-19(17)15(14-24)12-20(18)21(22)7-10-23(22)8-3-11-26-23/h3,8,13,15,17-18,20-21,24H,2,4-7,9-12,14H2,1H3/t15?,17-,18?,20?,21?,22+,23+/m1/s1. The van der Waals surface area contributed by atoms with E-state index in [4.69, 9.17) is 4.74 Å². The Balaban J connectivity index is 1.52. The molecule has 0 radical (unpaired) electrons. The molecule has 4 unspecified atom stereocenters. The summed E-state index contributed by atoms with van der Waals surface area (Å²) in [5.74, 6) is 3.12. The van der Waals surface area contributed by atoms with Gasteiger partial charge >= 0.3 is 0 Å². The Kier molecular flexibility index (Phi) is 3.99. The Labute approximate surface area is 156 Å². The predicted octanol–water partition coefficient (Wildman–Crippen LogP) is 4.06. The average molecular weight is 357 g/mol. The molecule has 3 saturated carbocycles. The minimum absolute atomic E-state index is 0.0231. The zero-order chi connectivity index (χ0) is 17.9. The summed E-state index contributed by atoms with van der Waals surface area (Å²) in [5, 5.41) is 10.1. The summed E-state index contributed by atoms with van der Waals surface area (Å²) in [4.78, 5) is 12.0. The van der Waals surface area contributed by atoms with Crippen molar-refractivity contribution in [1.29, 1.82) is 0 Å². The Morgan fingerprint density at radius 1 is 1.23 bits per heavy atom. The van der Waals surface area contributed by atoms with Crippen LogP contribution in [-0.4, -0.2) is 29.7 Å². The zero-order valence-electron chi connectivity index (χ0n) is 16.0. The van der Waals surface area contributed by atoms with Gasteiger partial charge in [0, 0.05) is 24.4 Å². The summed E-state index contributed by atoms with van der Waals surface area (Å²) in [6.07, 6.45) is 15.5. The number of aliphatic hydroxyl groups excluding tert-OH is 1. The van der Waals surface area contributed by atoms with Crippen LogP contribution in [0.4, 0.5) is 0 Å². The van der Waals surface area contributed by atoms with E-state index in [0.717, 1.165) is 19.4 Å². The van der Waals surface area contributed by atoms with E-state index in [0.29, 0.717) is 30.1 Å². The lowest BCUT2D eigenvalue weighted by molar-refractivity contribution is -0.128. The van der Waals surface area contributed by atoms with Gasteiger partial charge in [-0.15, -0.1) is 0 Å². The fraction of sp³-hybridized carbons (Fsp3) is 0.783. The van der Waals surface area contributed by atoms with Crippen LogP contribution in [0.5, 0.6) is 0 Å². The topological polar surface area (TPSA) is 46.5 Å². The first-order valence-electron chi connectivity index (χ1n) is 10.8. The predicted molar refractivity (Wildman–Crippen MR) is 100 cm³/mol. The lowest BCUT2D eigenvalue weighted by atomic mass is 9.48. The minimum atomic E-state index is -0.0231. The van der Waals surface area contributed by atoms with Crippen LogP contribution in [0.2, 0.25) is 0 Å². The number of aliphatic hydroxyl groups is 1. The van der Waals surface area contributed by atoms with Crippen molar-refractivity contribution in [3.63, 3.8) is 0 Å². The number of ketones is 1. The number of fused-ring (bicyclic) bond motifs is 6. The third kappa shape index (κ3) is 2.10. The van der Waals surface area contributed by atoms with E-state index >= 15 is 0 Å². The van der Waals surface area contributed by atoms with Crippen LogP contribution in [-0.2, 0) is 9.53 Å². The summed E-state index contributed by atoms with van der Waals surface area (Å²) in [6.45, 7) is 3.35. The number of ether oxygens (including phenoxy) is 1. The molecule has 3 fully saturated rings. The third-order valence-electron chi connectivity index (χ3n) is 9.05. The van der Waals surface area contributed by atoms with Crippen molar-refractivity contribution in [3.05, 3.63) is 23.8 Å². The van der Waals surface area contributed by atoms with Gasteiger partial charge in [0.1, 0.15) is 0 Å². The van der Waals surface area contributed by atoms with Crippen LogP contribution in [0.15, 0.2) is 23.8 Å². The highest BCUT2D eigenvalue weighted by atomic mass is 16.5. The molecular formula is C23H32O3. The van der Waals surface area contributed by atoms with Gasteiger partial charge in [0.05, 0.1) is 12.2 Å². The molecule has 0 amide bonds. The second kappa shape index (κ2) is 6.04. The molecule has 1 N–H and O–H groups in total. The van der Waals surface area contributed by atoms with Gasteiger partial charge in [-0.25, -0.2) is 0 Å². The molecule has 4 aliphatic carbocycles. The van der Waals surface area contributed by atoms with Crippen LogP contribution in [0.25, 0.3) is 0 Å². The van der Waals surface area contributed by atoms with Crippen LogP contribution < -0.4 is 0 Å². The maximum atomic E-state index is 12.0. The van der Waals surface area contributed by atoms with E-state index in [1.807, 2.05) is 6.08 Å². The summed E-state index contributed by atoms with van der Waals surface area (Å²) in [5.41, 5.74) is 1.55. The third-order valence-corrected chi connectivity index (χ3v) is 9.05. The first-order chi connectivity index (χ1) is 12.6. The van der Waals surface area contributed by atoms with Crippen LogP contribution in [0.3, 0.4) is 0 Å². The summed E-state index contributed by atoms with van der Waals surface area (Å²) in [7, 11) is 0. The van der Waals surface area contributed by atoms with Crippen molar-refractivity contribution in [3.8, 4) is 0 Å². The van der Waals surface area contributed by atoms with Gasteiger partial charge in [-0.1, -0.05) is 24.6 Å². The molecule has 0 saturated heterocycles. The van der Waals surface area contributed by atoms with Crippen molar-refractivity contribution in [2.45, 2.75) is 63.9 Å². The maximum Gasteiger partial charge on any atom is 0.155 e. The van der Waals surface area contributed by atoms with E-state index in [9.17, 15) is 9.90 Å². The molecule has 5 rings (SSSR count). The van der Waals surface area contributed by atoms with Crippen LogP contribution in [0, 0.1) is 35.0 Å². The molecule has 1 heterocycles. The average Bonchev–Trinajstić information content (AvgIpc) is 3.27. The number of carbonyl (C=O) groups is 1. The van der Waals surface area contributed by atoms with E-state index in [2.05, 4.69) is 19.1 Å². The molecule has 1 aliphatic heterocycles. The summed E-state index contributed by atoms with van der Waals surface area (Å²) in [6, 6.07) is 0. The van der Waals surface area contributed by atoms with Gasteiger partial charge in [-0.3, -0.25) is 4.79 Å². The second-order valence-corrected chi connectivity index (χ2v) is 9.50. The van der Waals surface area contributed by atoms with Gasteiger partial charge in [0.2, 0.25) is 0 Å². The minimum Gasteiger partial charge on any atom is -0.396 e. The van der Waals surface area contributed by atoms with Crippen LogP contribution in [0.1, 0.15) is 58.3 Å². The van der Waals surface area contributed by atoms with Crippen molar-refractivity contribution in [1.82, 2.24) is 0 Å². The van der Waals surface area contributed by atoms with Gasteiger partial charge < -0.3 is 9.84 Å².